The van der Waals surface area contributed by atoms with Gasteiger partial charge in [-0.2, -0.15) is 0 Å². The molecule has 7 nitrogen and oxygen atoms in total. The monoisotopic (exact) mass is 320 g/mol. The summed E-state index contributed by atoms with van der Waals surface area (Å²) in [6, 6.07) is 6.13. The van der Waals surface area contributed by atoms with E-state index in [0.29, 0.717) is 5.69 Å². The normalized spacial score (nSPS) is 10.7. The first-order valence-corrected chi connectivity index (χ1v) is 7.66. The summed E-state index contributed by atoms with van der Waals surface area (Å²) < 4.78 is 1.98. The largest absolute Gasteiger partial charge is 0.325 e. The van der Waals surface area contributed by atoms with Crippen LogP contribution in [0.1, 0.15) is 19.9 Å². The van der Waals surface area contributed by atoms with Crippen LogP contribution in [0, 0.1) is 10.1 Å². The predicted octanol–water partition coefficient (Wildman–Crippen LogP) is 3.10. The number of imidazole rings is 1. The molecule has 0 unspecified atom stereocenters. The van der Waals surface area contributed by atoms with Crippen LogP contribution in [0.3, 0.4) is 0 Å². The van der Waals surface area contributed by atoms with Gasteiger partial charge < -0.3 is 9.88 Å². The molecule has 0 atom stereocenters. The number of non-ortho nitro benzene ring substituents is 1. The van der Waals surface area contributed by atoms with E-state index in [1.807, 2.05) is 24.6 Å². The van der Waals surface area contributed by atoms with E-state index < -0.39 is 4.92 Å². The Morgan fingerprint density at radius 1 is 1.50 bits per heavy atom. The lowest BCUT2D eigenvalue weighted by atomic mass is 10.3. The Morgan fingerprint density at radius 3 is 2.95 bits per heavy atom. The number of rotatable bonds is 6. The lowest BCUT2D eigenvalue weighted by Gasteiger charge is -2.10. The van der Waals surface area contributed by atoms with Crippen molar-refractivity contribution < 1.29 is 9.72 Å². The van der Waals surface area contributed by atoms with Gasteiger partial charge >= 0.3 is 0 Å². The van der Waals surface area contributed by atoms with Gasteiger partial charge in [0.25, 0.3) is 5.69 Å². The summed E-state index contributed by atoms with van der Waals surface area (Å²) in [6.45, 7) is 4.07. The van der Waals surface area contributed by atoms with E-state index >= 15 is 0 Å². The molecule has 1 heterocycles. The highest BCUT2D eigenvalue weighted by atomic mass is 32.2. The van der Waals surface area contributed by atoms with Crippen molar-refractivity contribution in [1.82, 2.24) is 9.55 Å². The predicted molar refractivity (Wildman–Crippen MR) is 85.1 cm³/mol. The number of benzene rings is 1. The Bertz CT molecular complexity index is 684. The minimum atomic E-state index is -0.496. The number of nitrogens with one attached hydrogen (secondary N) is 1. The zero-order chi connectivity index (χ0) is 16.1. The molecule has 0 aliphatic heterocycles. The average molecular weight is 320 g/mol. The zero-order valence-electron chi connectivity index (χ0n) is 12.2. The SMILES string of the molecule is CC(C)n1ccnc1SCC(=O)Nc1cccc([N+](=O)[O-])c1. The summed E-state index contributed by atoms with van der Waals surface area (Å²) in [4.78, 5) is 26.3. The first-order valence-electron chi connectivity index (χ1n) is 6.67. The molecule has 0 saturated heterocycles. The number of hydrogen-bond acceptors (Lipinski definition) is 5. The van der Waals surface area contributed by atoms with Crippen molar-refractivity contribution >= 4 is 29.0 Å². The van der Waals surface area contributed by atoms with Crippen LogP contribution in [-0.2, 0) is 4.79 Å². The number of thioether (sulfide) groups is 1. The van der Waals surface area contributed by atoms with Crippen LogP contribution in [0.15, 0.2) is 41.8 Å². The van der Waals surface area contributed by atoms with Crippen molar-refractivity contribution in [1.29, 1.82) is 0 Å². The molecule has 116 valence electrons. The van der Waals surface area contributed by atoms with Crippen molar-refractivity contribution in [2.75, 3.05) is 11.1 Å². The second-order valence-corrected chi connectivity index (χ2v) is 5.80. The van der Waals surface area contributed by atoms with Gasteiger partial charge in [0, 0.05) is 36.3 Å². The highest BCUT2D eigenvalue weighted by molar-refractivity contribution is 7.99. The van der Waals surface area contributed by atoms with Crippen LogP contribution < -0.4 is 5.32 Å². The molecule has 0 aliphatic carbocycles. The molecule has 22 heavy (non-hydrogen) atoms. The van der Waals surface area contributed by atoms with Gasteiger partial charge in [0.1, 0.15) is 0 Å². The number of nitro benzene ring substituents is 1. The fourth-order valence-electron chi connectivity index (χ4n) is 1.83. The third-order valence-electron chi connectivity index (χ3n) is 2.86. The van der Waals surface area contributed by atoms with Crippen LogP contribution in [0.2, 0.25) is 0 Å². The first-order chi connectivity index (χ1) is 10.5. The van der Waals surface area contributed by atoms with Crippen molar-refractivity contribution in [3.05, 3.63) is 46.8 Å². The summed E-state index contributed by atoms with van der Waals surface area (Å²) in [7, 11) is 0. The van der Waals surface area contributed by atoms with Crippen molar-refractivity contribution in [3.63, 3.8) is 0 Å². The lowest BCUT2D eigenvalue weighted by Crippen LogP contribution is -2.14. The molecular formula is C14H16N4O3S. The summed E-state index contributed by atoms with van der Waals surface area (Å²) in [6.07, 6.45) is 3.56. The zero-order valence-corrected chi connectivity index (χ0v) is 13.0. The third kappa shape index (κ3) is 4.08. The number of nitrogens with zero attached hydrogens (tertiary/aromatic N) is 3. The van der Waals surface area contributed by atoms with Crippen molar-refractivity contribution in [2.24, 2.45) is 0 Å². The van der Waals surface area contributed by atoms with Gasteiger partial charge in [0.15, 0.2) is 5.16 Å². The summed E-state index contributed by atoms with van der Waals surface area (Å²) >= 11 is 1.33. The average Bonchev–Trinajstić information content (AvgIpc) is 2.94. The Morgan fingerprint density at radius 2 is 2.27 bits per heavy atom. The minimum absolute atomic E-state index is 0.0548. The number of hydrogen-bond donors (Lipinski definition) is 1. The number of amides is 1. The summed E-state index contributed by atoms with van der Waals surface area (Å²) in [5, 5.41) is 14.1. The minimum Gasteiger partial charge on any atom is -0.325 e. The van der Waals surface area contributed by atoms with E-state index in [0.717, 1.165) is 5.16 Å². The van der Waals surface area contributed by atoms with E-state index in [1.54, 1.807) is 12.3 Å². The second kappa shape index (κ2) is 7.08. The lowest BCUT2D eigenvalue weighted by molar-refractivity contribution is -0.384. The van der Waals surface area contributed by atoms with Crippen LogP contribution in [0.4, 0.5) is 11.4 Å². The molecule has 0 bridgehead atoms. The van der Waals surface area contributed by atoms with Gasteiger partial charge in [-0.25, -0.2) is 4.98 Å². The van der Waals surface area contributed by atoms with Gasteiger partial charge in [0.05, 0.1) is 10.7 Å². The maximum absolute atomic E-state index is 11.9. The number of carbonyl (C=O) groups is 1. The summed E-state index contributed by atoms with van der Waals surface area (Å²) in [5.74, 6) is -0.0457. The fourth-order valence-corrected chi connectivity index (χ4v) is 2.72. The van der Waals surface area contributed by atoms with Gasteiger partial charge in [-0.3, -0.25) is 14.9 Å². The molecule has 0 aliphatic rings. The van der Waals surface area contributed by atoms with Gasteiger partial charge in [-0.1, -0.05) is 17.8 Å². The standard InChI is InChI=1S/C14H16N4O3S/c1-10(2)17-7-6-15-14(17)22-9-13(19)16-11-4-3-5-12(8-11)18(20)21/h3-8,10H,9H2,1-2H3,(H,16,19). The number of anilines is 1. The molecule has 1 N–H and O–H groups in total. The van der Waals surface area contributed by atoms with Crippen molar-refractivity contribution in [2.45, 2.75) is 25.0 Å². The van der Waals surface area contributed by atoms with E-state index in [1.165, 1.54) is 30.0 Å². The van der Waals surface area contributed by atoms with Crippen LogP contribution in [-0.4, -0.2) is 26.1 Å². The fraction of sp³-hybridized carbons (Fsp3) is 0.286. The van der Waals surface area contributed by atoms with E-state index in [-0.39, 0.29) is 23.4 Å². The van der Waals surface area contributed by atoms with Crippen molar-refractivity contribution in [3.8, 4) is 0 Å². The van der Waals surface area contributed by atoms with E-state index in [9.17, 15) is 14.9 Å². The molecule has 1 amide bonds. The molecule has 1 aromatic heterocycles. The van der Waals surface area contributed by atoms with Crippen LogP contribution >= 0.6 is 11.8 Å². The Hall–Kier alpha value is -2.35. The highest BCUT2D eigenvalue weighted by Crippen LogP contribution is 2.21. The number of carbonyl (C=O) groups excluding carboxylic acids is 1. The smallest absolute Gasteiger partial charge is 0.271 e. The Balaban J connectivity index is 1.94. The molecule has 2 aromatic rings. The molecule has 0 fully saturated rings. The third-order valence-corrected chi connectivity index (χ3v) is 3.84. The molecule has 0 spiro atoms. The van der Waals surface area contributed by atoms with E-state index in [2.05, 4.69) is 10.3 Å². The molecular weight excluding hydrogens is 304 g/mol. The summed E-state index contributed by atoms with van der Waals surface area (Å²) in [5.41, 5.74) is 0.354. The van der Waals surface area contributed by atoms with Gasteiger partial charge in [0.2, 0.25) is 5.91 Å². The first kappa shape index (κ1) is 16.0. The number of nitro groups is 1. The maximum Gasteiger partial charge on any atom is 0.271 e. The topological polar surface area (TPSA) is 90.1 Å². The molecule has 8 heteroatoms. The molecule has 2 rings (SSSR count). The van der Waals surface area contributed by atoms with Crippen LogP contribution in [0.5, 0.6) is 0 Å². The number of aromatic nitrogens is 2. The molecule has 0 saturated carbocycles. The van der Waals surface area contributed by atoms with E-state index in [4.69, 9.17) is 0 Å². The van der Waals surface area contributed by atoms with Crippen LogP contribution in [0.25, 0.3) is 0 Å². The maximum atomic E-state index is 11.9. The molecule has 0 radical (unpaired) electrons. The molecule has 1 aromatic carbocycles. The van der Waals surface area contributed by atoms with Gasteiger partial charge in [-0.15, -0.1) is 0 Å². The van der Waals surface area contributed by atoms with Gasteiger partial charge in [-0.05, 0) is 19.9 Å². The Labute approximate surface area is 131 Å². The second-order valence-electron chi connectivity index (χ2n) is 4.86. The quantitative estimate of drug-likeness (QED) is 0.502. The highest BCUT2D eigenvalue weighted by Gasteiger charge is 2.11. The Kier molecular flexibility index (Phi) is 5.16.